The van der Waals surface area contributed by atoms with Crippen LogP contribution >= 0.6 is 11.8 Å². The van der Waals surface area contributed by atoms with E-state index in [2.05, 4.69) is 15.0 Å². The number of aromatic carboxylic acids is 1. The molecular weight excluding hydrogens is 262 g/mol. The second-order valence-corrected chi connectivity index (χ2v) is 5.13. The molecule has 19 heavy (non-hydrogen) atoms. The molecule has 2 aromatic heterocycles. The van der Waals surface area contributed by atoms with Crippen LogP contribution in [-0.4, -0.2) is 26.0 Å². The van der Waals surface area contributed by atoms with E-state index in [0.717, 1.165) is 21.8 Å². The van der Waals surface area contributed by atoms with Gasteiger partial charge in [-0.2, -0.15) is 0 Å². The summed E-state index contributed by atoms with van der Waals surface area (Å²) >= 11 is 1.37. The van der Waals surface area contributed by atoms with Gasteiger partial charge in [0.2, 0.25) is 0 Å². The van der Waals surface area contributed by atoms with Crippen LogP contribution in [0.5, 0.6) is 0 Å². The molecule has 0 aliphatic carbocycles. The van der Waals surface area contributed by atoms with Crippen LogP contribution in [0.15, 0.2) is 28.4 Å². The van der Waals surface area contributed by atoms with Crippen molar-refractivity contribution >= 4 is 17.7 Å². The Labute approximate surface area is 115 Å². The molecule has 0 atom stereocenters. The molecule has 0 unspecified atom stereocenters. The van der Waals surface area contributed by atoms with Crippen LogP contribution in [0.1, 0.15) is 27.4 Å². The lowest BCUT2D eigenvalue weighted by molar-refractivity contribution is 0.0690. The molecule has 0 amide bonds. The fourth-order valence-corrected chi connectivity index (χ4v) is 2.28. The molecule has 6 heteroatoms. The van der Waals surface area contributed by atoms with Gasteiger partial charge < -0.3 is 5.11 Å². The van der Waals surface area contributed by atoms with Crippen LogP contribution in [0.4, 0.5) is 0 Å². The smallest absolute Gasteiger partial charge is 0.354 e. The van der Waals surface area contributed by atoms with Crippen molar-refractivity contribution in [1.82, 2.24) is 15.0 Å². The molecule has 0 spiro atoms. The van der Waals surface area contributed by atoms with Crippen molar-refractivity contribution < 1.29 is 9.90 Å². The maximum atomic E-state index is 10.7. The van der Waals surface area contributed by atoms with Gasteiger partial charge in [-0.25, -0.2) is 19.7 Å². The molecule has 0 bridgehead atoms. The summed E-state index contributed by atoms with van der Waals surface area (Å²) in [4.78, 5) is 24.2. The van der Waals surface area contributed by atoms with Crippen molar-refractivity contribution in [2.75, 3.05) is 0 Å². The first-order valence-corrected chi connectivity index (χ1v) is 6.48. The first-order valence-electron chi connectivity index (χ1n) is 5.66. The Hall–Kier alpha value is -1.95. The summed E-state index contributed by atoms with van der Waals surface area (Å²) < 4.78 is 0. The number of rotatable bonds is 3. The Balaban J connectivity index is 2.24. The van der Waals surface area contributed by atoms with Gasteiger partial charge in [-0.05, 0) is 50.2 Å². The van der Waals surface area contributed by atoms with Crippen molar-refractivity contribution in [3.05, 3.63) is 41.0 Å². The van der Waals surface area contributed by atoms with E-state index in [1.807, 2.05) is 20.8 Å². The summed E-state index contributed by atoms with van der Waals surface area (Å²) in [5.41, 5.74) is 3.01. The van der Waals surface area contributed by atoms with E-state index in [1.165, 1.54) is 24.0 Å². The van der Waals surface area contributed by atoms with Crippen LogP contribution < -0.4 is 0 Å². The molecule has 98 valence electrons. The standard InChI is InChI=1S/C13H13N3O2S/c1-7-8(2)15-13(16-9(7)3)19-10-4-5-11(12(17)18)14-6-10/h4-6H,1-3H3,(H,17,18). The zero-order valence-electron chi connectivity index (χ0n) is 10.8. The maximum Gasteiger partial charge on any atom is 0.354 e. The summed E-state index contributed by atoms with van der Waals surface area (Å²) in [5, 5.41) is 9.42. The maximum absolute atomic E-state index is 10.7. The number of aromatic nitrogens is 3. The highest BCUT2D eigenvalue weighted by Gasteiger charge is 2.08. The van der Waals surface area contributed by atoms with E-state index in [0.29, 0.717) is 5.16 Å². The Bertz CT molecular complexity index is 603. The Kier molecular flexibility index (Phi) is 3.80. The lowest BCUT2D eigenvalue weighted by Gasteiger charge is -2.06. The summed E-state index contributed by atoms with van der Waals surface area (Å²) in [5.74, 6) is -1.03. The number of carbonyl (C=O) groups is 1. The molecule has 2 aromatic rings. The zero-order valence-corrected chi connectivity index (χ0v) is 11.7. The van der Waals surface area contributed by atoms with E-state index in [9.17, 15) is 4.79 Å². The molecule has 0 aliphatic rings. The Morgan fingerprint density at radius 1 is 1.16 bits per heavy atom. The molecule has 2 rings (SSSR count). The van der Waals surface area contributed by atoms with Crippen molar-refractivity contribution in [2.24, 2.45) is 0 Å². The van der Waals surface area contributed by atoms with Gasteiger partial charge in [0.1, 0.15) is 5.69 Å². The molecule has 5 nitrogen and oxygen atoms in total. The Morgan fingerprint density at radius 2 is 1.79 bits per heavy atom. The first-order chi connectivity index (χ1) is 8.97. The van der Waals surface area contributed by atoms with Gasteiger partial charge in [-0.3, -0.25) is 0 Å². The van der Waals surface area contributed by atoms with Crippen molar-refractivity contribution in [2.45, 2.75) is 30.8 Å². The third kappa shape index (κ3) is 3.08. The van der Waals surface area contributed by atoms with Gasteiger partial charge in [-0.15, -0.1) is 0 Å². The van der Waals surface area contributed by atoms with Gasteiger partial charge in [-0.1, -0.05) is 0 Å². The monoisotopic (exact) mass is 275 g/mol. The normalized spacial score (nSPS) is 10.5. The van der Waals surface area contributed by atoms with E-state index in [1.54, 1.807) is 6.07 Å². The number of hydrogen-bond donors (Lipinski definition) is 1. The number of nitrogens with zero attached hydrogens (tertiary/aromatic N) is 3. The van der Waals surface area contributed by atoms with Crippen molar-refractivity contribution in [1.29, 1.82) is 0 Å². The number of aryl methyl sites for hydroxylation is 2. The SMILES string of the molecule is Cc1nc(Sc2ccc(C(=O)O)nc2)nc(C)c1C. The fourth-order valence-electron chi connectivity index (χ4n) is 1.46. The van der Waals surface area contributed by atoms with Gasteiger partial charge >= 0.3 is 5.97 Å². The van der Waals surface area contributed by atoms with Crippen LogP contribution in [0, 0.1) is 20.8 Å². The average Bonchev–Trinajstić information content (AvgIpc) is 2.36. The zero-order chi connectivity index (χ0) is 14.0. The molecule has 0 saturated heterocycles. The highest BCUT2D eigenvalue weighted by atomic mass is 32.2. The van der Waals surface area contributed by atoms with Gasteiger partial charge in [0.15, 0.2) is 5.16 Å². The molecule has 0 fully saturated rings. The second-order valence-electron chi connectivity index (χ2n) is 4.09. The highest BCUT2D eigenvalue weighted by molar-refractivity contribution is 7.99. The molecule has 0 aliphatic heterocycles. The summed E-state index contributed by atoms with van der Waals surface area (Å²) in [6, 6.07) is 3.17. The summed E-state index contributed by atoms with van der Waals surface area (Å²) in [6.45, 7) is 5.88. The predicted molar refractivity (Wildman–Crippen MR) is 71.6 cm³/mol. The first kappa shape index (κ1) is 13.5. The summed E-state index contributed by atoms with van der Waals surface area (Å²) in [6.07, 6.45) is 1.52. The quantitative estimate of drug-likeness (QED) is 0.868. The Morgan fingerprint density at radius 3 is 2.26 bits per heavy atom. The number of carboxylic acid groups (broad SMARTS) is 1. The molecular formula is C13H13N3O2S. The van der Waals surface area contributed by atoms with E-state index >= 15 is 0 Å². The third-order valence-electron chi connectivity index (χ3n) is 2.78. The average molecular weight is 275 g/mol. The van der Waals surface area contributed by atoms with Gasteiger partial charge in [0.25, 0.3) is 0 Å². The fraction of sp³-hybridized carbons (Fsp3) is 0.231. The van der Waals surface area contributed by atoms with Crippen LogP contribution in [0.25, 0.3) is 0 Å². The highest BCUT2D eigenvalue weighted by Crippen LogP contribution is 2.25. The molecule has 1 N–H and O–H groups in total. The lowest BCUT2D eigenvalue weighted by atomic mass is 10.2. The minimum absolute atomic E-state index is 0.0292. The minimum Gasteiger partial charge on any atom is -0.477 e. The van der Waals surface area contributed by atoms with Crippen LogP contribution in [0.3, 0.4) is 0 Å². The lowest BCUT2D eigenvalue weighted by Crippen LogP contribution is -2.00. The van der Waals surface area contributed by atoms with Gasteiger partial charge in [0, 0.05) is 22.5 Å². The summed E-state index contributed by atoms with van der Waals surface area (Å²) in [7, 11) is 0. The van der Waals surface area contributed by atoms with E-state index < -0.39 is 5.97 Å². The molecule has 0 saturated carbocycles. The van der Waals surface area contributed by atoms with Crippen LogP contribution in [0.2, 0.25) is 0 Å². The largest absolute Gasteiger partial charge is 0.477 e. The van der Waals surface area contributed by atoms with E-state index in [-0.39, 0.29) is 5.69 Å². The van der Waals surface area contributed by atoms with E-state index in [4.69, 9.17) is 5.11 Å². The second kappa shape index (κ2) is 5.36. The number of pyridine rings is 1. The predicted octanol–water partition coefficient (Wildman–Crippen LogP) is 2.65. The number of hydrogen-bond acceptors (Lipinski definition) is 5. The minimum atomic E-state index is -1.03. The van der Waals surface area contributed by atoms with Gasteiger partial charge in [0.05, 0.1) is 0 Å². The molecule has 0 radical (unpaired) electrons. The third-order valence-corrected chi connectivity index (χ3v) is 3.62. The topological polar surface area (TPSA) is 76.0 Å². The molecule has 2 heterocycles. The van der Waals surface area contributed by atoms with Crippen molar-refractivity contribution in [3.63, 3.8) is 0 Å². The van der Waals surface area contributed by atoms with Crippen molar-refractivity contribution in [3.8, 4) is 0 Å². The number of carboxylic acids is 1. The molecule has 0 aromatic carbocycles. The van der Waals surface area contributed by atoms with Crippen LogP contribution in [-0.2, 0) is 0 Å².